The zero-order valence-electron chi connectivity index (χ0n) is 9.37. The first-order valence-corrected chi connectivity index (χ1v) is 5.34. The summed E-state index contributed by atoms with van der Waals surface area (Å²) in [4.78, 5) is 11.3. The number of halogens is 1. The molecule has 0 aliphatic carbocycles. The van der Waals surface area contributed by atoms with Gasteiger partial charge in [0.25, 0.3) is 0 Å². The molecule has 1 amide bonds. The molecule has 16 heavy (non-hydrogen) atoms. The monoisotopic (exact) mass is 224 g/mol. The molecular weight excluding hydrogens is 207 g/mol. The van der Waals surface area contributed by atoms with Gasteiger partial charge in [0.05, 0.1) is 0 Å². The minimum atomic E-state index is -0.290. The maximum Gasteiger partial charge on any atom is 0.220 e. The highest BCUT2D eigenvalue weighted by molar-refractivity contribution is 5.75. The van der Waals surface area contributed by atoms with Crippen molar-refractivity contribution in [3.8, 4) is 0 Å². The molecule has 0 fully saturated rings. The molecule has 0 aliphatic rings. The Morgan fingerprint density at radius 2 is 2.31 bits per heavy atom. The normalized spacial score (nSPS) is 12.2. The van der Waals surface area contributed by atoms with Crippen molar-refractivity contribution in [2.45, 2.75) is 32.4 Å². The predicted octanol–water partition coefficient (Wildman–Crippen LogP) is 1.57. The third-order valence-electron chi connectivity index (χ3n) is 2.21. The average molecular weight is 224 g/mol. The summed E-state index contributed by atoms with van der Waals surface area (Å²) in [5, 5.41) is 2.72. The SMILES string of the molecule is CC(N)CCC(=O)NCc1cccc(F)c1. The van der Waals surface area contributed by atoms with Gasteiger partial charge in [0.2, 0.25) is 5.91 Å². The number of hydrogen-bond donors (Lipinski definition) is 2. The molecule has 0 saturated heterocycles. The van der Waals surface area contributed by atoms with Crippen molar-refractivity contribution in [2.24, 2.45) is 5.73 Å². The first-order chi connectivity index (χ1) is 7.58. The van der Waals surface area contributed by atoms with Crippen LogP contribution in [0.3, 0.4) is 0 Å². The lowest BCUT2D eigenvalue weighted by Gasteiger charge is -2.07. The zero-order chi connectivity index (χ0) is 12.0. The van der Waals surface area contributed by atoms with Gasteiger partial charge < -0.3 is 11.1 Å². The minimum Gasteiger partial charge on any atom is -0.352 e. The van der Waals surface area contributed by atoms with E-state index in [1.165, 1.54) is 12.1 Å². The van der Waals surface area contributed by atoms with Gasteiger partial charge in [-0.1, -0.05) is 12.1 Å². The van der Waals surface area contributed by atoms with Crippen LogP contribution < -0.4 is 11.1 Å². The van der Waals surface area contributed by atoms with E-state index in [-0.39, 0.29) is 17.8 Å². The van der Waals surface area contributed by atoms with E-state index in [0.29, 0.717) is 19.4 Å². The number of hydrogen-bond acceptors (Lipinski definition) is 2. The fourth-order valence-electron chi connectivity index (χ4n) is 1.29. The molecule has 88 valence electrons. The van der Waals surface area contributed by atoms with Gasteiger partial charge in [-0.2, -0.15) is 0 Å². The molecule has 3 N–H and O–H groups in total. The highest BCUT2D eigenvalue weighted by Gasteiger charge is 2.03. The van der Waals surface area contributed by atoms with Crippen molar-refractivity contribution in [3.05, 3.63) is 35.6 Å². The lowest BCUT2D eigenvalue weighted by Crippen LogP contribution is -2.25. The topological polar surface area (TPSA) is 55.1 Å². The smallest absolute Gasteiger partial charge is 0.220 e. The number of amides is 1. The summed E-state index contributed by atoms with van der Waals surface area (Å²) in [5.41, 5.74) is 6.30. The van der Waals surface area contributed by atoms with Crippen molar-refractivity contribution in [1.82, 2.24) is 5.32 Å². The molecule has 1 unspecified atom stereocenters. The Morgan fingerprint density at radius 3 is 2.94 bits per heavy atom. The Balaban J connectivity index is 2.31. The van der Waals surface area contributed by atoms with E-state index in [1.54, 1.807) is 12.1 Å². The Hall–Kier alpha value is -1.42. The quantitative estimate of drug-likeness (QED) is 0.797. The van der Waals surface area contributed by atoms with E-state index in [4.69, 9.17) is 5.73 Å². The number of benzene rings is 1. The van der Waals surface area contributed by atoms with Gasteiger partial charge in [-0.15, -0.1) is 0 Å². The van der Waals surface area contributed by atoms with Crippen molar-refractivity contribution in [3.63, 3.8) is 0 Å². The van der Waals surface area contributed by atoms with Crippen LogP contribution in [0.4, 0.5) is 4.39 Å². The maximum absolute atomic E-state index is 12.8. The summed E-state index contributed by atoms with van der Waals surface area (Å²) in [5.74, 6) is -0.344. The van der Waals surface area contributed by atoms with Crippen LogP contribution in [0, 0.1) is 5.82 Å². The third-order valence-corrected chi connectivity index (χ3v) is 2.21. The molecule has 3 nitrogen and oxygen atoms in total. The van der Waals surface area contributed by atoms with E-state index in [2.05, 4.69) is 5.32 Å². The summed E-state index contributed by atoms with van der Waals surface area (Å²) in [6.45, 7) is 2.22. The standard InChI is InChI=1S/C12H17FN2O/c1-9(14)5-6-12(16)15-8-10-3-2-4-11(13)7-10/h2-4,7,9H,5-6,8,14H2,1H3,(H,15,16). The summed E-state index contributed by atoms with van der Waals surface area (Å²) in [7, 11) is 0. The second-order valence-electron chi connectivity index (χ2n) is 3.92. The number of nitrogens with two attached hydrogens (primary N) is 1. The average Bonchev–Trinajstić information content (AvgIpc) is 2.23. The van der Waals surface area contributed by atoms with Crippen LogP contribution in [0.25, 0.3) is 0 Å². The molecule has 1 atom stereocenters. The summed E-state index contributed by atoms with van der Waals surface area (Å²) >= 11 is 0. The maximum atomic E-state index is 12.8. The number of nitrogens with one attached hydrogen (secondary N) is 1. The van der Waals surface area contributed by atoms with Crippen molar-refractivity contribution in [1.29, 1.82) is 0 Å². The number of carbonyl (C=O) groups excluding carboxylic acids is 1. The summed E-state index contributed by atoms with van der Waals surface area (Å²) in [6, 6.07) is 6.21. The first-order valence-electron chi connectivity index (χ1n) is 5.34. The van der Waals surface area contributed by atoms with Crippen LogP contribution in [-0.4, -0.2) is 11.9 Å². The molecule has 1 aromatic rings. The van der Waals surface area contributed by atoms with Gasteiger partial charge in [-0.05, 0) is 31.0 Å². The number of carbonyl (C=O) groups is 1. The second kappa shape index (κ2) is 6.23. The Morgan fingerprint density at radius 1 is 1.56 bits per heavy atom. The van der Waals surface area contributed by atoms with Gasteiger partial charge >= 0.3 is 0 Å². The molecule has 1 rings (SSSR count). The molecule has 1 aromatic carbocycles. The molecule has 0 spiro atoms. The molecular formula is C12H17FN2O. The molecule has 0 bridgehead atoms. The fourth-order valence-corrected chi connectivity index (χ4v) is 1.29. The fraction of sp³-hybridized carbons (Fsp3) is 0.417. The minimum absolute atomic E-state index is 0.0277. The number of rotatable bonds is 5. The van der Waals surface area contributed by atoms with Crippen molar-refractivity contribution >= 4 is 5.91 Å². The molecule has 0 aliphatic heterocycles. The van der Waals surface area contributed by atoms with E-state index >= 15 is 0 Å². The lowest BCUT2D eigenvalue weighted by atomic mass is 10.2. The van der Waals surface area contributed by atoms with E-state index in [1.807, 2.05) is 6.92 Å². The van der Waals surface area contributed by atoms with E-state index in [0.717, 1.165) is 5.56 Å². The lowest BCUT2D eigenvalue weighted by molar-refractivity contribution is -0.121. The molecule has 0 radical (unpaired) electrons. The van der Waals surface area contributed by atoms with Crippen molar-refractivity contribution in [2.75, 3.05) is 0 Å². The van der Waals surface area contributed by atoms with Crippen LogP contribution in [0.5, 0.6) is 0 Å². The van der Waals surface area contributed by atoms with Gasteiger partial charge in [-0.3, -0.25) is 4.79 Å². The predicted molar refractivity (Wildman–Crippen MR) is 61.1 cm³/mol. The molecule has 0 aromatic heterocycles. The van der Waals surface area contributed by atoms with E-state index < -0.39 is 0 Å². The van der Waals surface area contributed by atoms with Gasteiger partial charge in [0.1, 0.15) is 5.82 Å². The van der Waals surface area contributed by atoms with Gasteiger partial charge in [-0.25, -0.2) is 4.39 Å². The highest BCUT2D eigenvalue weighted by atomic mass is 19.1. The molecule has 4 heteroatoms. The Bertz CT molecular complexity index is 353. The highest BCUT2D eigenvalue weighted by Crippen LogP contribution is 2.03. The van der Waals surface area contributed by atoms with E-state index in [9.17, 15) is 9.18 Å². The van der Waals surface area contributed by atoms with Gasteiger partial charge in [0, 0.05) is 19.0 Å². The van der Waals surface area contributed by atoms with Gasteiger partial charge in [0.15, 0.2) is 0 Å². The summed E-state index contributed by atoms with van der Waals surface area (Å²) < 4.78 is 12.8. The van der Waals surface area contributed by atoms with Crippen LogP contribution in [0.15, 0.2) is 24.3 Å². The summed E-state index contributed by atoms with van der Waals surface area (Å²) in [6.07, 6.45) is 1.07. The van der Waals surface area contributed by atoms with Crippen molar-refractivity contribution < 1.29 is 9.18 Å². The third kappa shape index (κ3) is 4.89. The van der Waals surface area contributed by atoms with Crippen LogP contribution >= 0.6 is 0 Å². The Labute approximate surface area is 94.8 Å². The van der Waals surface area contributed by atoms with Crippen LogP contribution in [0.2, 0.25) is 0 Å². The van der Waals surface area contributed by atoms with Crippen LogP contribution in [0.1, 0.15) is 25.3 Å². The van der Waals surface area contributed by atoms with Crippen LogP contribution in [-0.2, 0) is 11.3 Å². The Kier molecular flexibility index (Phi) is 4.92. The molecule has 0 heterocycles. The largest absolute Gasteiger partial charge is 0.352 e. The zero-order valence-corrected chi connectivity index (χ0v) is 9.37. The first kappa shape index (κ1) is 12.6. The molecule has 0 saturated carbocycles. The second-order valence-corrected chi connectivity index (χ2v) is 3.92.